The number of aliphatic carboxylic acids is 1. The second-order valence-electron chi connectivity index (χ2n) is 2.86. The number of nitrogens with zero attached hydrogens (tertiary/aromatic N) is 1. The maximum Gasteiger partial charge on any atom is 0.333 e. The van der Waals surface area contributed by atoms with Crippen LogP contribution in [0.2, 0.25) is 0 Å². The number of carboxylic acids is 1. The molecule has 2 N–H and O–H groups in total. The average Bonchev–Trinajstić information content (AvgIpc) is 2.39. The molecule has 0 amide bonds. The molecule has 64 valence electrons. The topological polar surface area (TPSA) is 60.8 Å². The highest BCUT2D eigenvalue weighted by atomic mass is 16.4. The van der Waals surface area contributed by atoms with Gasteiger partial charge in [-0.25, -0.2) is 4.79 Å². The molecule has 11 heavy (non-hydrogen) atoms. The first-order valence-corrected chi connectivity index (χ1v) is 3.83. The molecule has 0 saturated carbocycles. The van der Waals surface area contributed by atoms with Crippen LogP contribution in [0.1, 0.15) is 12.8 Å². The van der Waals surface area contributed by atoms with Crippen LogP contribution in [0.25, 0.3) is 0 Å². The van der Waals surface area contributed by atoms with Crippen LogP contribution in [0.3, 0.4) is 0 Å². The summed E-state index contributed by atoms with van der Waals surface area (Å²) in [6, 6.07) is 0. The molecule has 0 radical (unpaired) electrons. The lowest BCUT2D eigenvalue weighted by Crippen LogP contribution is -2.35. The Morgan fingerprint density at radius 1 is 1.45 bits per heavy atom. The molecule has 0 spiro atoms. The summed E-state index contributed by atoms with van der Waals surface area (Å²) >= 11 is 0. The summed E-state index contributed by atoms with van der Waals surface area (Å²) < 4.78 is 0. The molecule has 4 nitrogen and oxygen atoms in total. The van der Waals surface area contributed by atoms with Gasteiger partial charge in [0.2, 0.25) is 0 Å². The summed E-state index contributed by atoms with van der Waals surface area (Å²) in [5, 5.41) is 17.3. The van der Waals surface area contributed by atoms with Crippen molar-refractivity contribution in [3.05, 3.63) is 0 Å². The van der Waals surface area contributed by atoms with Crippen LogP contribution >= 0.6 is 0 Å². The van der Waals surface area contributed by atoms with E-state index in [0.717, 1.165) is 25.9 Å². The van der Waals surface area contributed by atoms with E-state index in [2.05, 4.69) is 0 Å². The Morgan fingerprint density at radius 2 is 2.00 bits per heavy atom. The SMILES string of the molecule is O=C(O)C(O)CN1CCCC1. The summed E-state index contributed by atoms with van der Waals surface area (Å²) in [6.45, 7) is 2.12. The Morgan fingerprint density at radius 3 is 2.45 bits per heavy atom. The van der Waals surface area contributed by atoms with Crippen molar-refractivity contribution in [1.82, 2.24) is 4.90 Å². The van der Waals surface area contributed by atoms with E-state index >= 15 is 0 Å². The average molecular weight is 159 g/mol. The molecule has 1 fully saturated rings. The minimum absolute atomic E-state index is 0.273. The second kappa shape index (κ2) is 3.69. The van der Waals surface area contributed by atoms with Gasteiger partial charge in [0.25, 0.3) is 0 Å². The summed E-state index contributed by atoms with van der Waals surface area (Å²) in [5.41, 5.74) is 0. The summed E-state index contributed by atoms with van der Waals surface area (Å²) in [7, 11) is 0. The maximum atomic E-state index is 10.2. The van der Waals surface area contributed by atoms with Gasteiger partial charge >= 0.3 is 5.97 Å². The molecule has 0 bridgehead atoms. The molecule has 1 rings (SSSR count). The Bertz CT molecular complexity index is 143. The fourth-order valence-corrected chi connectivity index (χ4v) is 1.29. The first-order chi connectivity index (χ1) is 5.20. The van der Waals surface area contributed by atoms with Gasteiger partial charge in [0.1, 0.15) is 0 Å². The number of carboxylic acid groups (broad SMARTS) is 1. The van der Waals surface area contributed by atoms with Crippen LogP contribution in [0.5, 0.6) is 0 Å². The molecule has 4 heteroatoms. The minimum atomic E-state index is -1.21. The van der Waals surface area contributed by atoms with E-state index in [1.807, 2.05) is 4.90 Å². The van der Waals surface area contributed by atoms with E-state index in [0.29, 0.717) is 0 Å². The van der Waals surface area contributed by atoms with Crippen molar-refractivity contribution in [3.63, 3.8) is 0 Å². The number of aliphatic hydroxyl groups excluding tert-OH is 1. The molecule has 0 aromatic carbocycles. The minimum Gasteiger partial charge on any atom is -0.479 e. The Labute approximate surface area is 65.4 Å². The van der Waals surface area contributed by atoms with Crippen LogP contribution in [0.15, 0.2) is 0 Å². The first kappa shape index (κ1) is 8.49. The largest absolute Gasteiger partial charge is 0.479 e. The van der Waals surface area contributed by atoms with Crippen molar-refractivity contribution < 1.29 is 15.0 Å². The normalized spacial score (nSPS) is 21.9. The van der Waals surface area contributed by atoms with E-state index in [9.17, 15) is 4.79 Å². The quantitative estimate of drug-likeness (QED) is 0.584. The second-order valence-corrected chi connectivity index (χ2v) is 2.86. The van der Waals surface area contributed by atoms with Crippen molar-refractivity contribution in [2.45, 2.75) is 18.9 Å². The third kappa shape index (κ3) is 2.48. The van der Waals surface area contributed by atoms with E-state index < -0.39 is 12.1 Å². The number of likely N-dealkylation sites (tertiary alicyclic amines) is 1. The van der Waals surface area contributed by atoms with Gasteiger partial charge in [-0.15, -0.1) is 0 Å². The van der Waals surface area contributed by atoms with E-state index in [-0.39, 0.29) is 6.54 Å². The van der Waals surface area contributed by atoms with Gasteiger partial charge in [-0.05, 0) is 25.9 Å². The maximum absolute atomic E-state index is 10.2. The fourth-order valence-electron chi connectivity index (χ4n) is 1.29. The van der Waals surface area contributed by atoms with Crippen molar-refractivity contribution >= 4 is 5.97 Å². The van der Waals surface area contributed by atoms with Gasteiger partial charge < -0.3 is 15.1 Å². The Kier molecular flexibility index (Phi) is 2.84. The predicted molar refractivity (Wildman–Crippen MR) is 39.3 cm³/mol. The molecule has 1 aliphatic heterocycles. The lowest BCUT2D eigenvalue weighted by atomic mass is 10.3. The highest BCUT2D eigenvalue weighted by Crippen LogP contribution is 2.07. The van der Waals surface area contributed by atoms with Gasteiger partial charge in [-0.2, -0.15) is 0 Å². The molecule has 0 aromatic rings. The van der Waals surface area contributed by atoms with Crippen molar-refractivity contribution in [1.29, 1.82) is 0 Å². The third-order valence-corrected chi connectivity index (χ3v) is 1.91. The Balaban J connectivity index is 2.23. The van der Waals surface area contributed by atoms with Gasteiger partial charge in [0.05, 0.1) is 0 Å². The van der Waals surface area contributed by atoms with Gasteiger partial charge in [0, 0.05) is 6.54 Å². The zero-order valence-corrected chi connectivity index (χ0v) is 6.36. The molecule has 1 unspecified atom stereocenters. The zero-order valence-electron chi connectivity index (χ0n) is 6.36. The van der Waals surface area contributed by atoms with Gasteiger partial charge in [-0.3, -0.25) is 0 Å². The molecule has 0 aromatic heterocycles. The van der Waals surface area contributed by atoms with Gasteiger partial charge in [0.15, 0.2) is 6.10 Å². The summed E-state index contributed by atoms with van der Waals surface area (Å²) in [6.07, 6.45) is 1.02. The first-order valence-electron chi connectivity index (χ1n) is 3.83. The van der Waals surface area contributed by atoms with Crippen molar-refractivity contribution in [3.8, 4) is 0 Å². The summed E-state index contributed by atoms with van der Waals surface area (Å²) in [4.78, 5) is 12.2. The number of rotatable bonds is 3. The number of hydrogen-bond donors (Lipinski definition) is 2. The molecule has 1 aliphatic rings. The zero-order chi connectivity index (χ0) is 8.27. The number of carbonyl (C=O) groups is 1. The number of hydrogen-bond acceptors (Lipinski definition) is 3. The van der Waals surface area contributed by atoms with Crippen molar-refractivity contribution in [2.24, 2.45) is 0 Å². The Hall–Kier alpha value is -0.610. The number of β-amino-alcohol motifs (C(OH)–C–C–N with tert-alkyl or cyclic N) is 1. The molecule has 1 atom stereocenters. The van der Waals surface area contributed by atoms with E-state index in [1.165, 1.54) is 0 Å². The van der Waals surface area contributed by atoms with Crippen LogP contribution < -0.4 is 0 Å². The van der Waals surface area contributed by atoms with Crippen LogP contribution in [-0.2, 0) is 4.79 Å². The fraction of sp³-hybridized carbons (Fsp3) is 0.857. The van der Waals surface area contributed by atoms with E-state index in [4.69, 9.17) is 10.2 Å². The van der Waals surface area contributed by atoms with Crippen LogP contribution in [0.4, 0.5) is 0 Å². The lowest BCUT2D eigenvalue weighted by molar-refractivity contribution is -0.147. The highest BCUT2D eigenvalue weighted by Gasteiger charge is 2.19. The highest BCUT2D eigenvalue weighted by molar-refractivity contribution is 5.72. The molecule has 1 heterocycles. The molecule has 1 saturated heterocycles. The lowest BCUT2D eigenvalue weighted by Gasteiger charge is -2.15. The number of aliphatic hydroxyl groups is 1. The monoisotopic (exact) mass is 159 g/mol. The predicted octanol–water partition coefficient (Wildman–Crippen LogP) is -0.472. The van der Waals surface area contributed by atoms with Crippen LogP contribution in [0, 0.1) is 0 Å². The molecule has 0 aliphatic carbocycles. The molecular formula is C7H13NO3. The standard InChI is InChI=1S/C7H13NO3/c9-6(7(10)11)5-8-3-1-2-4-8/h6,9H,1-5H2,(H,10,11). The third-order valence-electron chi connectivity index (χ3n) is 1.91. The van der Waals surface area contributed by atoms with Crippen molar-refractivity contribution in [2.75, 3.05) is 19.6 Å². The van der Waals surface area contributed by atoms with Gasteiger partial charge in [-0.1, -0.05) is 0 Å². The molecular weight excluding hydrogens is 146 g/mol. The summed E-state index contributed by atoms with van der Waals surface area (Å²) in [5.74, 6) is -1.13. The van der Waals surface area contributed by atoms with E-state index in [1.54, 1.807) is 0 Å². The van der Waals surface area contributed by atoms with Crippen LogP contribution in [-0.4, -0.2) is 46.8 Å². The smallest absolute Gasteiger partial charge is 0.333 e.